The predicted octanol–water partition coefficient (Wildman–Crippen LogP) is 3.46. The van der Waals surface area contributed by atoms with E-state index in [1.54, 1.807) is 7.11 Å². The fraction of sp³-hybridized carbons (Fsp3) is 0.357. The minimum Gasteiger partial charge on any atom is -0.496 e. The Hall–Kier alpha value is -1.48. The summed E-state index contributed by atoms with van der Waals surface area (Å²) in [4.78, 5) is 10.9. The molecule has 1 rings (SSSR count). The van der Waals surface area contributed by atoms with Crippen molar-refractivity contribution in [1.29, 1.82) is 0 Å². The van der Waals surface area contributed by atoms with E-state index in [9.17, 15) is 4.79 Å². The Labute approximate surface area is 112 Å². The van der Waals surface area contributed by atoms with Crippen molar-refractivity contribution in [2.45, 2.75) is 27.2 Å². The summed E-state index contributed by atoms with van der Waals surface area (Å²) in [6.45, 7) is 9.24. The topological polar surface area (TPSA) is 46.5 Å². The van der Waals surface area contributed by atoms with Gasteiger partial charge in [0.05, 0.1) is 7.11 Å². The maximum Gasteiger partial charge on any atom is 0.331 e. The van der Waals surface area contributed by atoms with Crippen LogP contribution >= 0.6 is 11.6 Å². The van der Waals surface area contributed by atoms with Gasteiger partial charge >= 0.3 is 5.97 Å². The molecule has 0 saturated heterocycles. The van der Waals surface area contributed by atoms with Crippen molar-refractivity contribution in [3.05, 3.63) is 39.4 Å². The molecule has 1 aromatic rings. The van der Waals surface area contributed by atoms with Crippen LogP contribution in [-0.2, 0) is 11.2 Å². The van der Waals surface area contributed by atoms with Crippen LogP contribution in [-0.4, -0.2) is 18.2 Å². The summed E-state index contributed by atoms with van der Waals surface area (Å²) in [6.07, 6.45) is 0.227. The molecule has 0 amide bonds. The second kappa shape index (κ2) is 5.44. The first-order valence-corrected chi connectivity index (χ1v) is 5.92. The third kappa shape index (κ3) is 2.51. The van der Waals surface area contributed by atoms with E-state index in [2.05, 4.69) is 6.58 Å². The lowest BCUT2D eigenvalue weighted by atomic mass is 9.94. The van der Waals surface area contributed by atoms with E-state index in [0.29, 0.717) is 10.8 Å². The molecule has 1 N–H and O–H groups in total. The second-order valence-corrected chi connectivity index (χ2v) is 4.66. The highest BCUT2D eigenvalue weighted by Crippen LogP contribution is 2.36. The van der Waals surface area contributed by atoms with Gasteiger partial charge in [-0.3, -0.25) is 0 Å². The van der Waals surface area contributed by atoms with E-state index in [-0.39, 0.29) is 12.0 Å². The molecular weight excluding hydrogens is 252 g/mol. The second-order valence-electron chi connectivity index (χ2n) is 4.29. The molecule has 3 nitrogen and oxygen atoms in total. The summed E-state index contributed by atoms with van der Waals surface area (Å²) in [5.74, 6) is -0.317. The van der Waals surface area contributed by atoms with Crippen molar-refractivity contribution in [3.63, 3.8) is 0 Å². The van der Waals surface area contributed by atoms with Gasteiger partial charge in [-0.15, -0.1) is 0 Å². The van der Waals surface area contributed by atoms with Crippen molar-refractivity contribution in [2.75, 3.05) is 7.11 Å². The van der Waals surface area contributed by atoms with Crippen molar-refractivity contribution in [3.8, 4) is 5.75 Å². The third-order valence-corrected chi connectivity index (χ3v) is 3.75. The van der Waals surface area contributed by atoms with Crippen LogP contribution in [0.5, 0.6) is 5.75 Å². The number of halogens is 1. The number of carbonyl (C=O) groups is 1. The number of carboxylic acids is 1. The van der Waals surface area contributed by atoms with E-state index in [1.807, 2.05) is 20.8 Å². The molecule has 0 radical (unpaired) electrons. The van der Waals surface area contributed by atoms with Crippen LogP contribution in [0.4, 0.5) is 0 Å². The molecule has 0 aliphatic carbocycles. The molecule has 0 bridgehead atoms. The first-order valence-electron chi connectivity index (χ1n) is 5.54. The van der Waals surface area contributed by atoms with Gasteiger partial charge in [0.2, 0.25) is 0 Å². The number of benzene rings is 1. The molecule has 0 atom stereocenters. The van der Waals surface area contributed by atoms with Crippen molar-refractivity contribution in [2.24, 2.45) is 0 Å². The Bertz CT molecular complexity index is 519. The highest BCUT2D eigenvalue weighted by atomic mass is 35.5. The molecule has 1 aromatic carbocycles. The van der Waals surface area contributed by atoms with Gasteiger partial charge in [0, 0.05) is 22.6 Å². The molecule has 0 saturated carbocycles. The lowest BCUT2D eigenvalue weighted by Crippen LogP contribution is -2.07. The number of hydrogen-bond acceptors (Lipinski definition) is 2. The van der Waals surface area contributed by atoms with Gasteiger partial charge in [0.1, 0.15) is 5.75 Å². The molecule has 0 aliphatic rings. The highest BCUT2D eigenvalue weighted by molar-refractivity contribution is 6.32. The summed E-state index contributed by atoms with van der Waals surface area (Å²) < 4.78 is 5.38. The molecule has 0 aromatic heterocycles. The van der Waals surface area contributed by atoms with Gasteiger partial charge in [-0.2, -0.15) is 0 Å². The monoisotopic (exact) mass is 268 g/mol. The molecule has 0 aliphatic heterocycles. The van der Waals surface area contributed by atoms with E-state index < -0.39 is 5.97 Å². The zero-order valence-corrected chi connectivity index (χ0v) is 11.8. The van der Waals surface area contributed by atoms with Crippen LogP contribution in [0.25, 0.3) is 0 Å². The summed E-state index contributed by atoms with van der Waals surface area (Å²) in [6, 6.07) is 0. The van der Waals surface area contributed by atoms with E-state index in [4.69, 9.17) is 21.4 Å². The van der Waals surface area contributed by atoms with Crippen LogP contribution < -0.4 is 4.74 Å². The molecule has 0 unspecified atom stereocenters. The molecular formula is C14H17ClO3. The fourth-order valence-electron chi connectivity index (χ4n) is 1.92. The first kappa shape index (κ1) is 14.6. The smallest absolute Gasteiger partial charge is 0.331 e. The largest absolute Gasteiger partial charge is 0.496 e. The Morgan fingerprint density at radius 2 is 1.83 bits per heavy atom. The molecule has 4 heteroatoms. The number of ether oxygens (including phenoxy) is 1. The lowest BCUT2D eigenvalue weighted by Gasteiger charge is -2.18. The first-order chi connectivity index (χ1) is 8.31. The van der Waals surface area contributed by atoms with Gasteiger partial charge < -0.3 is 9.84 Å². The van der Waals surface area contributed by atoms with Crippen molar-refractivity contribution >= 4 is 17.6 Å². The lowest BCUT2D eigenvalue weighted by molar-refractivity contribution is -0.132. The number of aliphatic carboxylic acids is 1. The highest BCUT2D eigenvalue weighted by Gasteiger charge is 2.19. The summed E-state index contributed by atoms with van der Waals surface area (Å²) in [5.41, 5.74) is 3.64. The maximum absolute atomic E-state index is 10.9. The normalized spacial score (nSPS) is 10.3. The Kier molecular flexibility index (Phi) is 4.41. The van der Waals surface area contributed by atoms with Crippen LogP contribution in [0.2, 0.25) is 5.02 Å². The van der Waals surface area contributed by atoms with Crippen LogP contribution in [0, 0.1) is 20.8 Å². The molecule has 98 valence electrons. The van der Waals surface area contributed by atoms with Crippen LogP contribution in [0.1, 0.15) is 22.3 Å². The number of rotatable bonds is 4. The molecule has 0 heterocycles. The van der Waals surface area contributed by atoms with Gasteiger partial charge in [0.25, 0.3) is 0 Å². The van der Waals surface area contributed by atoms with Crippen molar-refractivity contribution in [1.82, 2.24) is 0 Å². The standard InChI is InChI=1S/C14H17ClO3/c1-7(14(16)17)6-11-10(4)12(15)8(2)9(3)13(11)18-5/h1,6H2,2-5H3,(H,16,17). The minimum atomic E-state index is -1.01. The zero-order chi connectivity index (χ0) is 14.0. The average molecular weight is 269 g/mol. The van der Waals surface area contributed by atoms with Crippen LogP contribution in [0.3, 0.4) is 0 Å². The molecule has 18 heavy (non-hydrogen) atoms. The van der Waals surface area contributed by atoms with E-state index in [1.165, 1.54) is 0 Å². The van der Waals surface area contributed by atoms with Gasteiger partial charge in [-0.1, -0.05) is 18.2 Å². The quantitative estimate of drug-likeness (QED) is 0.851. The Balaban J connectivity index is 3.42. The predicted molar refractivity (Wildman–Crippen MR) is 72.7 cm³/mol. The SMILES string of the molecule is C=C(Cc1c(C)c(Cl)c(C)c(C)c1OC)C(=O)O. The van der Waals surface area contributed by atoms with Gasteiger partial charge in [-0.05, 0) is 37.5 Å². The van der Waals surface area contributed by atoms with Gasteiger partial charge in [0.15, 0.2) is 0 Å². The molecule has 0 fully saturated rings. The van der Waals surface area contributed by atoms with Crippen molar-refractivity contribution < 1.29 is 14.6 Å². The Morgan fingerprint density at radius 3 is 2.28 bits per heavy atom. The summed E-state index contributed by atoms with van der Waals surface area (Å²) in [7, 11) is 1.57. The van der Waals surface area contributed by atoms with Gasteiger partial charge in [-0.25, -0.2) is 4.79 Å². The third-order valence-electron chi connectivity index (χ3n) is 3.19. The number of carboxylic acid groups (broad SMARTS) is 1. The number of methoxy groups -OCH3 is 1. The maximum atomic E-state index is 10.9. The minimum absolute atomic E-state index is 0.121. The average Bonchev–Trinajstić information content (AvgIpc) is 2.33. The summed E-state index contributed by atoms with van der Waals surface area (Å²) in [5, 5.41) is 9.57. The zero-order valence-electron chi connectivity index (χ0n) is 11.1. The number of hydrogen-bond donors (Lipinski definition) is 1. The fourth-order valence-corrected chi connectivity index (χ4v) is 2.18. The van der Waals surface area contributed by atoms with Crippen LogP contribution in [0.15, 0.2) is 12.2 Å². The summed E-state index contributed by atoms with van der Waals surface area (Å²) >= 11 is 6.25. The van der Waals surface area contributed by atoms with E-state index >= 15 is 0 Å². The molecule has 0 spiro atoms. The Morgan fingerprint density at radius 1 is 1.28 bits per heavy atom. The van der Waals surface area contributed by atoms with E-state index in [0.717, 1.165) is 22.3 Å².